The van der Waals surface area contributed by atoms with E-state index in [-0.39, 0.29) is 0 Å². The molecule has 0 aliphatic rings. The highest BCUT2D eigenvalue weighted by molar-refractivity contribution is 5.51. The summed E-state index contributed by atoms with van der Waals surface area (Å²) in [6.45, 7) is 1.96. The fourth-order valence-electron chi connectivity index (χ4n) is 1.28. The molecule has 0 aliphatic heterocycles. The molecule has 72 valence electrons. The molecule has 0 amide bonds. The Labute approximate surface area is 79.0 Å². The van der Waals surface area contributed by atoms with Crippen LogP contribution in [-0.4, -0.2) is 24.2 Å². The lowest BCUT2D eigenvalue weighted by atomic mass is 10.1. The normalized spacial score (nSPS) is 12.6. The summed E-state index contributed by atoms with van der Waals surface area (Å²) < 4.78 is 0. The van der Waals surface area contributed by atoms with Gasteiger partial charge in [0.15, 0.2) is 0 Å². The van der Waals surface area contributed by atoms with Gasteiger partial charge < -0.3 is 10.0 Å². The van der Waals surface area contributed by atoms with Crippen LogP contribution in [0.3, 0.4) is 0 Å². The van der Waals surface area contributed by atoms with Crippen molar-refractivity contribution in [1.29, 1.82) is 0 Å². The average molecular weight is 180 g/mol. The van der Waals surface area contributed by atoms with E-state index in [1.54, 1.807) is 12.4 Å². The van der Waals surface area contributed by atoms with Crippen molar-refractivity contribution in [3.05, 3.63) is 24.0 Å². The highest BCUT2D eigenvalue weighted by Crippen LogP contribution is 2.25. The van der Waals surface area contributed by atoms with E-state index in [9.17, 15) is 5.11 Å². The molecule has 1 atom stereocenters. The molecule has 1 N–H and O–H groups in total. The van der Waals surface area contributed by atoms with Crippen LogP contribution in [0.5, 0.6) is 0 Å². The highest BCUT2D eigenvalue weighted by atomic mass is 16.3. The average Bonchev–Trinajstić information content (AvgIpc) is 2.16. The Morgan fingerprint density at radius 3 is 2.77 bits per heavy atom. The third-order valence-corrected chi connectivity index (χ3v) is 2.06. The van der Waals surface area contributed by atoms with E-state index < -0.39 is 6.10 Å². The van der Waals surface area contributed by atoms with E-state index >= 15 is 0 Å². The van der Waals surface area contributed by atoms with Gasteiger partial charge in [-0.15, -0.1) is 0 Å². The fourth-order valence-corrected chi connectivity index (χ4v) is 1.28. The Morgan fingerprint density at radius 1 is 1.54 bits per heavy atom. The lowest BCUT2D eigenvalue weighted by Gasteiger charge is -2.19. The third-order valence-electron chi connectivity index (χ3n) is 2.06. The van der Waals surface area contributed by atoms with Crippen LogP contribution in [0.25, 0.3) is 0 Å². The summed E-state index contributed by atoms with van der Waals surface area (Å²) in [6.07, 6.45) is 3.77. The van der Waals surface area contributed by atoms with Gasteiger partial charge in [0.2, 0.25) is 0 Å². The fraction of sp³-hybridized carbons (Fsp3) is 0.500. The van der Waals surface area contributed by atoms with Gasteiger partial charge in [0.25, 0.3) is 0 Å². The van der Waals surface area contributed by atoms with Crippen molar-refractivity contribution in [2.24, 2.45) is 0 Å². The summed E-state index contributed by atoms with van der Waals surface area (Å²) >= 11 is 0. The number of rotatable bonds is 3. The summed E-state index contributed by atoms with van der Waals surface area (Å²) in [5.41, 5.74) is 1.93. The van der Waals surface area contributed by atoms with Gasteiger partial charge in [0, 0.05) is 37.7 Å². The molecule has 0 spiro atoms. The molecule has 0 fully saturated rings. The molecule has 0 aliphatic carbocycles. The molecular formula is C10H16N2O. The second kappa shape index (κ2) is 4.23. The zero-order valence-corrected chi connectivity index (χ0v) is 8.36. The third kappa shape index (κ3) is 2.18. The summed E-state index contributed by atoms with van der Waals surface area (Å²) in [5.74, 6) is 0. The molecule has 0 saturated heterocycles. The van der Waals surface area contributed by atoms with Crippen molar-refractivity contribution in [3.63, 3.8) is 0 Å². The first-order chi connectivity index (χ1) is 6.16. The van der Waals surface area contributed by atoms with Crippen LogP contribution in [0.1, 0.15) is 25.0 Å². The molecule has 0 unspecified atom stereocenters. The molecule has 0 bridgehead atoms. The molecule has 1 aromatic rings. The summed E-state index contributed by atoms with van der Waals surface area (Å²) in [7, 11) is 3.92. The maximum atomic E-state index is 9.69. The van der Waals surface area contributed by atoms with Gasteiger partial charge >= 0.3 is 0 Å². The van der Waals surface area contributed by atoms with E-state index in [0.29, 0.717) is 6.42 Å². The Kier molecular flexibility index (Phi) is 3.25. The van der Waals surface area contributed by atoms with Gasteiger partial charge in [-0.3, -0.25) is 4.98 Å². The van der Waals surface area contributed by atoms with E-state index in [2.05, 4.69) is 4.98 Å². The zero-order valence-electron chi connectivity index (χ0n) is 8.36. The predicted octanol–water partition coefficient (Wildman–Crippen LogP) is 1.59. The molecule has 1 heterocycles. The van der Waals surface area contributed by atoms with Gasteiger partial charge in [0.05, 0.1) is 6.10 Å². The minimum Gasteiger partial charge on any atom is -0.388 e. The Hall–Kier alpha value is -1.09. The molecule has 1 aromatic heterocycles. The van der Waals surface area contributed by atoms with Crippen LogP contribution in [-0.2, 0) is 0 Å². The Bertz CT molecular complexity index is 273. The second-order valence-electron chi connectivity index (χ2n) is 3.25. The van der Waals surface area contributed by atoms with Crippen LogP contribution in [0.2, 0.25) is 0 Å². The van der Waals surface area contributed by atoms with Crippen LogP contribution >= 0.6 is 0 Å². The minimum absolute atomic E-state index is 0.411. The predicted molar refractivity (Wildman–Crippen MR) is 53.8 cm³/mol. The van der Waals surface area contributed by atoms with Gasteiger partial charge in [-0.2, -0.15) is 0 Å². The van der Waals surface area contributed by atoms with Crippen LogP contribution in [0.4, 0.5) is 5.69 Å². The first kappa shape index (κ1) is 9.99. The number of anilines is 1. The van der Waals surface area contributed by atoms with Crippen LogP contribution < -0.4 is 4.90 Å². The van der Waals surface area contributed by atoms with Gasteiger partial charge in [0.1, 0.15) is 0 Å². The molecule has 13 heavy (non-hydrogen) atoms. The number of hydrogen-bond donors (Lipinski definition) is 1. The summed E-state index contributed by atoms with van der Waals surface area (Å²) in [4.78, 5) is 5.99. The van der Waals surface area contributed by atoms with E-state index in [4.69, 9.17) is 0 Å². The second-order valence-corrected chi connectivity index (χ2v) is 3.25. The molecule has 0 aromatic carbocycles. The van der Waals surface area contributed by atoms with Crippen LogP contribution in [0.15, 0.2) is 18.5 Å². The van der Waals surface area contributed by atoms with Crippen molar-refractivity contribution >= 4 is 5.69 Å². The number of aromatic nitrogens is 1. The first-order valence-electron chi connectivity index (χ1n) is 4.46. The van der Waals surface area contributed by atoms with E-state index in [1.165, 1.54) is 0 Å². The number of aliphatic hydroxyl groups is 1. The smallest absolute Gasteiger partial charge is 0.0822 e. The Morgan fingerprint density at radius 2 is 2.23 bits per heavy atom. The molecule has 3 heteroatoms. The number of aliphatic hydroxyl groups excluding tert-OH is 1. The van der Waals surface area contributed by atoms with Gasteiger partial charge in [-0.25, -0.2) is 0 Å². The number of nitrogens with zero attached hydrogens (tertiary/aromatic N) is 2. The van der Waals surface area contributed by atoms with Crippen molar-refractivity contribution in [2.75, 3.05) is 19.0 Å². The molecule has 3 nitrogen and oxygen atoms in total. The molecule has 1 rings (SSSR count). The largest absolute Gasteiger partial charge is 0.388 e. The lowest BCUT2D eigenvalue weighted by molar-refractivity contribution is 0.173. The van der Waals surface area contributed by atoms with Crippen molar-refractivity contribution in [2.45, 2.75) is 19.4 Å². The maximum absolute atomic E-state index is 9.69. The lowest BCUT2D eigenvalue weighted by Crippen LogP contribution is -2.13. The standard InChI is InChI=1S/C10H16N2O/c1-4-10(13)8-7-11-6-5-9(8)12(2)3/h5-7,10,13H,4H2,1-3H3/t10-/m0/s1. The zero-order chi connectivity index (χ0) is 9.84. The van der Waals surface area contributed by atoms with Gasteiger partial charge in [-0.1, -0.05) is 6.92 Å². The quantitative estimate of drug-likeness (QED) is 0.767. The number of hydrogen-bond acceptors (Lipinski definition) is 3. The highest BCUT2D eigenvalue weighted by Gasteiger charge is 2.11. The monoisotopic (exact) mass is 180 g/mol. The molecule has 0 saturated carbocycles. The summed E-state index contributed by atoms with van der Waals surface area (Å²) in [5, 5.41) is 9.69. The Balaban J connectivity index is 3.04. The SMILES string of the molecule is CC[C@H](O)c1cnccc1N(C)C. The molecule has 0 radical (unpaired) electrons. The van der Waals surface area contributed by atoms with Gasteiger partial charge in [-0.05, 0) is 12.5 Å². The number of pyridine rings is 1. The van der Waals surface area contributed by atoms with Crippen LogP contribution in [0, 0.1) is 0 Å². The topological polar surface area (TPSA) is 36.4 Å². The minimum atomic E-state index is -0.411. The van der Waals surface area contributed by atoms with Crippen molar-refractivity contribution in [1.82, 2.24) is 4.98 Å². The first-order valence-corrected chi connectivity index (χ1v) is 4.46. The van der Waals surface area contributed by atoms with E-state index in [0.717, 1.165) is 11.3 Å². The van der Waals surface area contributed by atoms with Crippen molar-refractivity contribution < 1.29 is 5.11 Å². The van der Waals surface area contributed by atoms with E-state index in [1.807, 2.05) is 32.0 Å². The molecular weight excluding hydrogens is 164 g/mol. The maximum Gasteiger partial charge on any atom is 0.0822 e. The summed E-state index contributed by atoms with van der Waals surface area (Å²) in [6, 6.07) is 1.91. The van der Waals surface area contributed by atoms with Crippen molar-refractivity contribution in [3.8, 4) is 0 Å².